The van der Waals surface area contributed by atoms with Crippen molar-refractivity contribution in [1.29, 1.82) is 0 Å². The summed E-state index contributed by atoms with van der Waals surface area (Å²) in [5.41, 5.74) is 1.13. The molecule has 1 aromatic carbocycles. The number of carbonyl (C=O) groups excluding carboxylic acids is 1. The summed E-state index contributed by atoms with van der Waals surface area (Å²) >= 11 is 6.17. The van der Waals surface area contributed by atoms with Gasteiger partial charge in [-0.25, -0.2) is 4.79 Å². The van der Waals surface area contributed by atoms with Gasteiger partial charge in [0.05, 0.1) is 7.11 Å². The van der Waals surface area contributed by atoms with Crippen LogP contribution in [0.2, 0.25) is 5.02 Å². The predicted octanol–water partition coefficient (Wildman–Crippen LogP) is 2.66. The van der Waals surface area contributed by atoms with E-state index in [1.807, 2.05) is 24.3 Å². The molecule has 1 aromatic rings. The monoisotopic (exact) mass is 282 g/mol. The molecule has 0 aliphatic carbocycles. The zero-order valence-corrected chi connectivity index (χ0v) is 11.8. The summed E-state index contributed by atoms with van der Waals surface area (Å²) in [4.78, 5) is 13.5. The number of hydrogen-bond acceptors (Lipinski definition) is 3. The minimum absolute atomic E-state index is 0.156. The Morgan fingerprint density at radius 2 is 2.32 bits per heavy atom. The third-order valence-corrected chi connectivity index (χ3v) is 3.73. The lowest BCUT2D eigenvalue weighted by Gasteiger charge is -2.32. The van der Waals surface area contributed by atoms with Crippen molar-refractivity contribution in [3.8, 4) is 0 Å². The lowest BCUT2D eigenvalue weighted by molar-refractivity contribution is 0.145. The van der Waals surface area contributed by atoms with Crippen LogP contribution in [0.3, 0.4) is 0 Å². The van der Waals surface area contributed by atoms with Crippen molar-refractivity contribution in [3.05, 3.63) is 34.9 Å². The van der Waals surface area contributed by atoms with E-state index in [9.17, 15) is 4.79 Å². The van der Waals surface area contributed by atoms with Crippen molar-refractivity contribution in [3.63, 3.8) is 0 Å². The van der Waals surface area contributed by atoms with Crippen LogP contribution in [0.5, 0.6) is 0 Å². The highest BCUT2D eigenvalue weighted by Crippen LogP contribution is 2.19. The minimum Gasteiger partial charge on any atom is -0.453 e. The predicted molar refractivity (Wildman–Crippen MR) is 75.3 cm³/mol. The van der Waals surface area contributed by atoms with Crippen LogP contribution in [0.15, 0.2) is 24.3 Å². The number of likely N-dealkylation sites (tertiary alicyclic amines) is 1. The van der Waals surface area contributed by atoms with Gasteiger partial charge in [-0.2, -0.15) is 0 Å². The van der Waals surface area contributed by atoms with Crippen molar-refractivity contribution in [2.45, 2.75) is 25.4 Å². The Balaban J connectivity index is 1.91. The first-order valence-electron chi connectivity index (χ1n) is 6.49. The average Bonchev–Trinajstić information content (AvgIpc) is 2.42. The van der Waals surface area contributed by atoms with Crippen molar-refractivity contribution in [2.75, 3.05) is 20.2 Å². The van der Waals surface area contributed by atoms with E-state index in [2.05, 4.69) is 15.0 Å². The molecule has 4 nitrogen and oxygen atoms in total. The molecule has 2 rings (SSSR count). The third kappa shape index (κ3) is 4.11. The second kappa shape index (κ2) is 6.78. The highest BCUT2D eigenvalue weighted by atomic mass is 35.5. The van der Waals surface area contributed by atoms with Gasteiger partial charge in [-0.3, -0.25) is 4.90 Å². The van der Waals surface area contributed by atoms with Gasteiger partial charge in [0.2, 0.25) is 0 Å². The first-order valence-corrected chi connectivity index (χ1v) is 6.87. The van der Waals surface area contributed by atoms with Crippen LogP contribution < -0.4 is 5.32 Å². The molecule has 5 heteroatoms. The zero-order valence-electron chi connectivity index (χ0n) is 11.1. The van der Waals surface area contributed by atoms with Gasteiger partial charge in [0.1, 0.15) is 0 Å². The summed E-state index contributed by atoms with van der Waals surface area (Å²) in [5, 5.41) is 3.66. The molecule has 1 atom stereocenters. The second-order valence-corrected chi connectivity index (χ2v) is 5.21. The Bertz CT molecular complexity index is 439. The van der Waals surface area contributed by atoms with E-state index < -0.39 is 0 Å². The molecule has 1 aliphatic rings. The molecule has 1 N–H and O–H groups in total. The SMILES string of the molecule is COC(=O)NC1CCCN(Cc2ccccc2Cl)C1. The summed E-state index contributed by atoms with van der Waals surface area (Å²) in [6.07, 6.45) is 1.71. The van der Waals surface area contributed by atoms with Crippen LogP contribution in [-0.4, -0.2) is 37.2 Å². The number of amides is 1. The van der Waals surface area contributed by atoms with E-state index in [0.29, 0.717) is 0 Å². The summed E-state index contributed by atoms with van der Waals surface area (Å²) in [6, 6.07) is 8.03. The first-order chi connectivity index (χ1) is 9.19. The van der Waals surface area contributed by atoms with E-state index >= 15 is 0 Å². The summed E-state index contributed by atoms with van der Waals surface area (Å²) < 4.78 is 4.64. The largest absolute Gasteiger partial charge is 0.453 e. The number of nitrogens with zero attached hydrogens (tertiary/aromatic N) is 1. The number of methoxy groups -OCH3 is 1. The smallest absolute Gasteiger partial charge is 0.407 e. The maximum absolute atomic E-state index is 11.2. The number of hydrogen-bond donors (Lipinski definition) is 1. The topological polar surface area (TPSA) is 41.6 Å². The number of rotatable bonds is 3. The van der Waals surface area contributed by atoms with Gasteiger partial charge in [0.15, 0.2) is 0 Å². The molecule has 1 amide bonds. The molecule has 1 heterocycles. The van der Waals surface area contributed by atoms with Gasteiger partial charge in [-0.1, -0.05) is 29.8 Å². The zero-order chi connectivity index (χ0) is 13.7. The molecular weight excluding hydrogens is 264 g/mol. The second-order valence-electron chi connectivity index (χ2n) is 4.80. The number of nitrogens with one attached hydrogen (secondary N) is 1. The normalized spacial score (nSPS) is 20.0. The maximum atomic E-state index is 11.2. The standard InChI is InChI=1S/C14H19ClN2O2/c1-19-14(18)16-12-6-4-8-17(10-12)9-11-5-2-3-7-13(11)15/h2-3,5,7,12H,4,6,8-10H2,1H3,(H,16,18). The molecule has 0 saturated carbocycles. The van der Waals surface area contributed by atoms with E-state index in [4.69, 9.17) is 11.6 Å². The molecule has 0 radical (unpaired) electrons. The van der Waals surface area contributed by atoms with E-state index in [-0.39, 0.29) is 12.1 Å². The van der Waals surface area contributed by atoms with Crippen LogP contribution in [0, 0.1) is 0 Å². The number of ether oxygens (including phenoxy) is 1. The van der Waals surface area contributed by atoms with E-state index in [0.717, 1.165) is 43.1 Å². The van der Waals surface area contributed by atoms with Crippen LogP contribution in [0.1, 0.15) is 18.4 Å². The number of benzene rings is 1. The Hall–Kier alpha value is -1.26. The molecule has 1 fully saturated rings. The molecule has 1 aliphatic heterocycles. The van der Waals surface area contributed by atoms with Gasteiger partial charge in [-0.15, -0.1) is 0 Å². The van der Waals surface area contributed by atoms with Crippen molar-refractivity contribution in [1.82, 2.24) is 10.2 Å². The van der Waals surface area contributed by atoms with Crippen LogP contribution in [0.25, 0.3) is 0 Å². The van der Waals surface area contributed by atoms with Crippen LogP contribution in [-0.2, 0) is 11.3 Å². The third-order valence-electron chi connectivity index (χ3n) is 3.36. The van der Waals surface area contributed by atoms with Crippen molar-refractivity contribution >= 4 is 17.7 Å². The quantitative estimate of drug-likeness (QED) is 0.927. The lowest BCUT2D eigenvalue weighted by Crippen LogP contribution is -2.47. The number of halogens is 1. The molecule has 0 aromatic heterocycles. The highest BCUT2D eigenvalue weighted by Gasteiger charge is 2.21. The molecule has 1 saturated heterocycles. The van der Waals surface area contributed by atoms with Gasteiger partial charge in [0.25, 0.3) is 0 Å². The summed E-state index contributed by atoms with van der Waals surface area (Å²) in [7, 11) is 1.39. The fourth-order valence-corrected chi connectivity index (χ4v) is 2.61. The Morgan fingerprint density at radius 1 is 1.53 bits per heavy atom. The molecule has 104 valence electrons. The summed E-state index contributed by atoms with van der Waals surface area (Å²) in [6.45, 7) is 2.68. The van der Waals surface area contributed by atoms with Gasteiger partial charge < -0.3 is 10.1 Å². The van der Waals surface area contributed by atoms with Crippen molar-refractivity contribution in [2.24, 2.45) is 0 Å². The number of carbonyl (C=O) groups is 1. The van der Waals surface area contributed by atoms with E-state index in [1.165, 1.54) is 7.11 Å². The molecule has 0 bridgehead atoms. The van der Waals surface area contributed by atoms with Gasteiger partial charge >= 0.3 is 6.09 Å². The molecule has 0 spiro atoms. The van der Waals surface area contributed by atoms with Gasteiger partial charge in [-0.05, 0) is 31.0 Å². The Labute approximate surface area is 118 Å². The molecule has 19 heavy (non-hydrogen) atoms. The van der Waals surface area contributed by atoms with Gasteiger partial charge in [0, 0.05) is 24.2 Å². The number of alkyl carbamates (subject to hydrolysis) is 1. The Kier molecular flexibility index (Phi) is 5.05. The van der Waals surface area contributed by atoms with Crippen LogP contribution >= 0.6 is 11.6 Å². The summed E-state index contributed by atoms with van der Waals surface area (Å²) in [5.74, 6) is 0. The fourth-order valence-electron chi connectivity index (χ4n) is 2.41. The van der Waals surface area contributed by atoms with Crippen LogP contribution in [0.4, 0.5) is 4.79 Å². The molecule has 1 unspecified atom stereocenters. The average molecular weight is 283 g/mol. The molecular formula is C14H19ClN2O2. The minimum atomic E-state index is -0.357. The lowest BCUT2D eigenvalue weighted by atomic mass is 10.0. The fraction of sp³-hybridized carbons (Fsp3) is 0.500. The van der Waals surface area contributed by atoms with E-state index in [1.54, 1.807) is 0 Å². The Morgan fingerprint density at radius 3 is 3.05 bits per heavy atom. The highest BCUT2D eigenvalue weighted by molar-refractivity contribution is 6.31. The van der Waals surface area contributed by atoms with Crippen molar-refractivity contribution < 1.29 is 9.53 Å². The number of piperidine rings is 1. The maximum Gasteiger partial charge on any atom is 0.407 e. The first kappa shape index (κ1) is 14.2.